The van der Waals surface area contributed by atoms with Crippen LogP contribution in [0.5, 0.6) is 0 Å². The predicted octanol–water partition coefficient (Wildman–Crippen LogP) is 2.56. The summed E-state index contributed by atoms with van der Waals surface area (Å²) in [4.78, 5) is 48.3. The number of nitrogens with one attached hydrogen (secondary N) is 3. The first-order valence-corrected chi connectivity index (χ1v) is 10.4. The zero-order valence-electron chi connectivity index (χ0n) is 18.1. The molecule has 170 valence electrons. The Bertz CT molecular complexity index is 976. The molecule has 0 radical (unpaired) electrons. The highest BCUT2D eigenvalue weighted by atomic mass is 35.5. The Morgan fingerprint density at radius 1 is 1.00 bits per heavy atom. The second-order valence-corrected chi connectivity index (χ2v) is 7.80. The van der Waals surface area contributed by atoms with E-state index in [-0.39, 0.29) is 30.7 Å². The van der Waals surface area contributed by atoms with Crippen LogP contribution in [0, 0.1) is 5.92 Å². The molecule has 0 spiro atoms. The summed E-state index contributed by atoms with van der Waals surface area (Å²) in [7, 11) is 1.24. The van der Waals surface area contributed by atoms with Gasteiger partial charge in [0.25, 0.3) is 5.91 Å². The van der Waals surface area contributed by atoms with E-state index in [9.17, 15) is 19.2 Å². The number of ether oxygens (including phenoxy) is 1. The number of amides is 3. The van der Waals surface area contributed by atoms with E-state index in [2.05, 4.69) is 20.7 Å². The Balaban J connectivity index is 1.97. The Morgan fingerprint density at radius 2 is 1.66 bits per heavy atom. The third-order valence-electron chi connectivity index (χ3n) is 4.60. The highest BCUT2D eigenvalue weighted by molar-refractivity contribution is 6.33. The quantitative estimate of drug-likeness (QED) is 0.499. The van der Waals surface area contributed by atoms with Crippen molar-refractivity contribution >= 4 is 41.0 Å². The van der Waals surface area contributed by atoms with Crippen LogP contribution in [0.4, 0.5) is 5.69 Å². The van der Waals surface area contributed by atoms with Crippen molar-refractivity contribution in [3.8, 4) is 0 Å². The largest absolute Gasteiger partial charge is 0.468 e. The van der Waals surface area contributed by atoms with E-state index in [0.717, 1.165) is 0 Å². The molecule has 0 saturated heterocycles. The van der Waals surface area contributed by atoms with E-state index in [1.807, 2.05) is 13.8 Å². The fraction of sp³-hybridized carbons (Fsp3) is 0.304. The molecule has 3 N–H and O–H groups in total. The van der Waals surface area contributed by atoms with Gasteiger partial charge in [-0.15, -0.1) is 0 Å². The maximum atomic E-state index is 12.8. The molecule has 2 aromatic carbocycles. The maximum Gasteiger partial charge on any atom is 0.325 e. The van der Waals surface area contributed by atoms with Gasteiger partial charge in [-0.3, -0.25) is 19.2 Å². The third-order valence-corrected chi connectivity index (χ3v) is 4.93. The van der Waals surface area contributed by atoms with Gasteiger partial charge < -0.3 is 20.7 Å². The summed E-state index contributed by atoms with van der Waals surface area (Å²) in [6.07, 6.45) is 0.0771. The maximum absolute atomic E-state index is 12.8. The minimum absolute atomic E-state index is 0.0771. The summed E-state index contributed by atoms with van der Waals surface area (Å²) in [6.45, 7) is 3.46. The SMILES string of the molecule is COC(=O)CNC(=O)Cc1ccc(NC(=O)C(NC(=O)c2ccccc2Cl)C(C)C)cc1. The van der Waals surface area contributed by atoms with Crippen molar-refractivity contribution in [3.63, 3.8) is 0 Å². The van der Waals surface area contributed by atoms with Crippen molar-refractivity contribution in [1.82, 2.24) is 10.6 Å². The van der Waals surface area contributed by atoms with E-state index in [4.69, 9.17) is 11.6 Å². The van der Waals surface area contributed by atoms with Crippen LogP contribution in [0.15, 0.2) is 48.5 Å². The number of hydrogen-bond acceptors (Lipinski definition) is 5. The van der Waals surface area contributed by atoms with Crippen LogP contribution in [0.2, 0.25) is 5.02 Å². The first kappa shape index (κ1) is 24.9. The molecule has 0 aliphatic rings. The number of anilines is 1. The second kappa shape index (κ2) is 11.9. The van der Waals surface area contributed by atoms with Crippen molar-refractivity contribution in [1.29, 1.82) is 0 Å². The molecule has 3 amide bonds. The molecule has 0 aromatic heterocycles. The Labute approximate surface area is 191 Å². The number of hydrogen-bond donors (Lipinski definition) is 3. The van der Waals surface area contributed by atoms with E-state index < -0.39 is 17.9 Å². The molecule has 0 heterocycles. The first-order chi connectivity index (χ1) is 15.2. The number of halogens is 1. The van der Waals surface area contributed by atoms with Crippen LogP contribution >= 0.6 is 11.6 Å². The molecule has 1 atom stereocenters. The van der Waals surface area contributed by atoms with Gasteiger partial charge in [-0.2, -0.15) is 0 Å². The van der Waals surface area contributed by atoms with Gasteiger partial charge in [-0.25, -0.2) is 0 Å². The minimum Gasteiger partial charge on any atom is -0.468 e. The van der Waals surface area contributed by atoms with Crippen molar-refractivity contribution < 1.29 is 23.9 Å². The van der Waals surface area contributed by atoms with Crippen molar-refractivity contribution in [2.45, 2.75) is 26.3 Å². The zero-order valence-corrected chi connectivity index (χ0v) is 18.9. The van der Waals surface area contributed by atoms with Gasteiger partial charge in [-0.05, 0) is 35.7 Å². The monoisotopic (exact) mass is 459 g/mol. The lowest BCUT2D eigenvalue weighted by Crippen LogP contribution is -2.47. The molecule has 0 bridgehead atoms. The standard InChI is InChI=1S/C23H26ClN3O5/c1-14(2)21(27-22(30)17-6-4-5-7-18(17)24)23(31)26-16-10-8-15(9-11-16)12-19(28)25-13-20(29)32-3/h4-11,14,21H,12-13H2,1-3H3,(H,25,28)(H,26,31)(H,27,30). The lowest BCUT2D eigenvalue weighted by atomic mass is 10.0. The summed E-state index contributed by atoms with van der Waals surface area (Å²) in [5, 5.41) is 8.27. The fourth-order valence-electron chi connectivity index (χ4n) is 2.82. The molecule has 2 rings (SSSR count). The first-order valence-electron chi connectivity index (χ1n) is 10.00. The number of benzene rings is 2. The molecule has 2 aromatic rings. The van der Waals surface area contributed by atoms with Gasteiger partial charge in [0.05, 0.1) is 24.1 Å². The van der Waals surface area contributed by atoms with Crippen LogP contribution in [0.1, 0.15) is 29.8 Å². The van der Waals surface area contributed by atoms with E-state index in [0.29, 0.717) is 21.8 Å². The van der Waals surface area contributed by atoms with E-state index in [1.165, 1.54) is 7.11 Å². The highest BCUT2D eigenvalue weighted by Crippen LogP contribution is 2.16. The number of carbonyl (C=O) groups excluding carboxylic acids is 4. The summed E-state index contributed by atoms with van der Waals surface area (Å²) in [5.74, 6) is -1.83. The zero-order chi connectivity index (χ0) is 23.7. The van der Waals surface area contributed by atoms with Crippen LogP contribution in [0.25, 0.3) is 0 Å². The van der Waals surface area contributed by atoms with Crippen LogP contribution in [0.3, 0.4) is 0 Å². The number of rotatable bonds is 9. The molecular weight excluding hydrogens is 434 g/mol. The molecule has 0 aliphatic carbocycles. The Morgan fingerprint density at radius 3 is 2.25 bits per heavy atom. The number of carbonyl (C=O) groups is 4. The summed E-state index contributed by atoms with van der Waals surface area (Å²) < 4.78 is 4.47. The number of esters is 1. The second-order valence-electron chi connectivity index (χ2n) is 7.39. The predicted molar refractivity (Wildman–Crippen MR) is 121 cm³/mol. The van der Waals surface area contributed by atoms with Gasteiger partial charge in [0.2, 0.25) is 11.8 Å². The van der Waals surface area contributed by atoms with Gasteiger partial charge >= 0.3 is 5.97 Å². The molecule has 8 nitrogen and oxygen atoms in total. The third kappa shape index (κ3) is 7.39. The van der Waals surface area contributed by atoms with Gasteiger partial charge in [0.1, 0.15) is 12.6 Å². The fourth-order valence-corrected chi connectivity index (χ4v) is 3.04. The van der Waals surface area contributed by atoms with Gasteiger partial charge in [-0.1, -0.05) is 49.7 Å². The summed E-state index contributed by atoms with van der Waals surface area (Å²) in [6, 6.07) is 12.6. The van der Waals surface area contributed by atoms with E-state index >= 15 is 0 Å². The van der Waals surface area contributed by atoms with Crippen LogP contribution < -0.4 is 16.0 Å². The minimum atomic E-state index is -0.775. The van der Waals surface area contributed by atoms with Crippen LogP contribution in [-0.2, 0) is 25.5 Å². The average molecular weight is 460 g/mol. The average Bonchev–Trinajstić information content (AvgIpc) is 2.76. The van der Waals surface area contributed by atoms with Crippen molar-refractivity contribution in [3.05, 3.63) is 64.7 Å². The smallest absolute Gasteiger partial charge is 0.325 e. The topological polar surface area (TPSA) is 114 Å². The van der Waals surface area contributed by atoms with Crippen molar-refractivity contribution in [2.75, 3.05) is 19.0 Å². The Hall–Kier alpha value is -3.39. The molecule has 9 heteroatoms. The molecule has 0 saturated carbocycles. The molecule has 0 fully saturated rings. The summed E-state index contributed by atoms with van der Waals surface area (Å²) in [5.41, 5.74) is 1.52. The normalized spacial score (nSPS) is 11.4. The number of methoxy groups -OCH3 is 1. The summed E-state index contributed by atoms with van der Waals surface area (Å²) >= 11 is 6.07. The molecule has 32 heavy (non-hydrogen) atoms. The van der Waals surface area contributed by atoms with Gasteiger partial charge in [0.15, 0.2) is 0 Å². The van der Waals surface area contributed by atoms with Gasteiger partial charge in [0, 0.05) is 5.69 Å². The highest BCUT2D eigenvalue weighted by Gasteiger charge is 2.25. The molecule has 1 unspecified atom stereocenters. The Kier molecular flexibility index (Phi) is 9.22. The van der Waals surface area contributed by atoms with E-state index in [1.54, 1.807) is 48.5 Å². The van der Waals surface area contributed by atoms with Crippen molar-refractivity contribution in [2.24, 2.45) is 5.92 Å². The molecular formula is C23H26ClN3O5. The van der Waals surface area contributed by atoms with Crippen LogP contribution in [-0.4, -0.2) is 43.4 Å². The molecule has 0 aliphatic heterocycles. The lowest BCUT2D eigenvalue weighted by Gasteiger charge is -2.22. The lowest BCUT2D eigenvalue weighted by molar-refractivity contribution is -0.141.